The van der Waals surface area contributed by atoms with Crippen molar-refractivity contribution < 1.29 is 14.6 Å². The summed E-state index contributed by atoms with van der Waals surface area (Å²) < 4.78 is 5.39. The van der Waals surface area contributed by atoms with Crippen molar-refractivity contribution in [3.8, 4) is 0 Å². The summed E-state index contributed by atoms with van der Waals surface area (Å²) in [5.74, 6) is 1.17. The number of hydrogen-bond donors (Lipinski definition) is 1. The molecule has 0 unspecified atom stereocenters. The molecular formula is C18H28N4O3. The third-order valence-electron chi connectivity index (χ3n) is 5.25. The van der Waals surface area contributed by atoms with Crippen LogP contribution in [-0.2, 0) is 9.53 Å². The number of aromatic nitrogens is 1. The Morgan fingerprint density at radius 1 is 1.32 bits per heavy atom. The van der Waals surface area contributed by atoms with E-state index in [0.717, 1.165) is 45.0 Å². The monoisotopic (exact) mass is 348 g/mol. The largest absolute Gasteiger partial charge is 0.395 e. The normalized spacial score (nSPS) is 24.7. The second-order valence-electron chi connectivity index (χ2n) is 6.73. The van der Waals surface area contributed by atoms with E-state index in [1.165, 1.54) is 0 Å². The second kappa shape index (κ2) is 8.60. The molecule has 0 spiro atoms. The van der Waals surface area contributed by atoms with Crippen molar-refractivity contribution in [3.63, 3.8) is 0 Å². The Balaban J connectivity index is 1.44. The molecule has 1 amide bonds. The number of pyridine rings is 1. The average Bonchev–Trinajstić information content (AvgIpc) is 3.09. The fourth-order valence-corrected chi connectivity index (χ4v) is 3.70. The van der Waals surface area contributed by atoms with Crippen LogP contribution in [0.4, 0.5) is 5.82 Å². The van der Waals surface area contributed by atoms with Crippen LogP contribution >= 0.6 is 0 Å². The smallest absolute Gasteiger partial charge is 0.223 e. The summed E-state index contributed by atoms with van der Waals surface area (Å²) in [6, 6.07) is 6.02. The first-order valence-corrected chi connectivity index (χ1v) is 9.02. The molecule has 1 N–H and O–H groups in total. The summed E-state index contributed by atoms with van der Waals surface area (Å²) in [5.41, 5.74) is 0. The van der Waals surface area contributed by atoms with Crippen molar-refractivity contribution in [2.75, 3.05) is 57.9 Å². The Morgan fingerprint density at radius 2 is 2.12 bits per heavy atom. The van der Waals surface area contributed by atoms with Gasteiger partial charge in [0.25, 0.3) is 0 Å². The molecular weight excluding hydrogens is 320 g/mol. The molecule has 2 saturated heterocycles. The molecule has 2 atom stereocenters. The minimum absolute atomic E-state index is 0.110. The predicted octanol–water partition coefficient (Wildman–Crippen LogP) is 0.202. The van der Waals surface area contributed by atoms with E-state index in [-0.39, 0.29) is 24.7 Å². The minimum Gasteiger partial charge on any atom is -0.395 e. The number of nitrogens with zero attached hydrogens (tertiary/aromatic N) is 4. The lowest BCUT2D eigenvalue weighted by molar-refractivity contribution is -0.131. The number of carbonyl (C=O) groups excluding carboxylic acids is 1. The zero-order valence-electron chi connectivity index (χ0n) is 14.9. The van der Waals surface area contributed by atoms with Gasteiger partial charge in [0, 0.05) is 65.0 Å². The Labute approximate surface area is 149 Å². The van der Waals surface area contributed by atoms with Crippen LogP contribution < -0.4 is 4.90 Å². The maximum atomic E-state index is 12.5. The molecule has 0 saturated carbocycles. The maximum absolute atomic E-state index is 12.5. The summed E-state index contributed by atoms with van der Waals surface area (Å²) in [6.45, 7) is 4.71. The predicted molar refractivity (Wildman–Crippen MR) is 95.5 cm³/mol. The summed E-state index contributed by atoms with van der Waals surface area (Å²) in [5, 5.41) is 9.50. The highest BCUT2D eigenvalue weighted by Crippen LogP contribution is 2.20. The summed E-state index contributed by atoms with van der Waals surface area (Å²) in [7, 11) is 1.70. The van der Waals surface area contributed by atoms with Gasteiger partial charge < -0.3 is 19.6 Å². The van der Waals surface area contributed by atoms with Crippen molar-refractivity contribution in [2.24, 2.45) is 0 Å². The van der Waals surface area contributed by atoms with Gasteiger partial charge in [-0.15, -0.1) is 0 Å². The van der Waals surface area contributed by atoms with E-state index >= 15 is 0 Å². The van der Waals surface area contributed by atoms with Gasteiger partial charge in [0.05, 0.1) is 12.7 Å². The fourth-order valence-electron chi connectivity index (χ4n) is 3.70. The van der Waals surface area contributed by atoms with E-state index in [1.54, 1.807) is 13.3 Å². The highest BCUT2D eigenvalue weighted by atomic mass is 16.5. The molecule has 0 aromatic carbocycles. The number of amides is 1. The quantitative estimate of drug-likeness (QED) is 0.792. The fraction of sp³-hybridized carbons (Fsp3) is 0.667. The molecule has 3 heterocycles. The molecule has 7 nitrogen and oxygen atoms in total. The second-order valence-corrected chi connectivity index (χ2v) is 6.73. The van der Waals surface area contributed by atoms with Crippen LogP contribution in [-0.4, -0.2) is 90.9 Å². The number of hydrogen-bond acceptors (Lipinski definition) is 6. The zero-order chi connectivity index (χ0) is 17.6. The Kier molecular flexibility index (Phi) is 6.23. The van der Waals surface area contributed by atoms with Crippen LogP contribution in [0.1, 0.15) is 12.8 Å². The van der Waals surface area contributed by atoms with Crippen molar-refractivity contribution >= 4 is 11.7 Å². The van der Waals surface area contributed by atoms with E-state index in [9.17, 15) is 9.90 Å². The lowest BCUT2D eigenvalue weighted by Gasteiger charge is -2.35. The van der Waals surface area contributed by atoms with E-state index in [0.29, 0.717) is 13.0 Å². The summed E-state index contributed by atoms with van der Waals surface area (Å²) >= 11 is 0. The number of piperazine rings is 1. The molecule has 1 aromatic heterocycles. The molecule has 0 bridgehead atoms. The van der Waals surface area contributed by atoms with E-state index in [1.807, 2.05) is 23.1 Å². The van der Waals surface area contributed by atoms with Crippen molar-refractivity contribution in [3.05, 3.63) is 24.4 Å². The van der Waals surface area contributed by atoms with Gasteiger partial charge in [-0.3, -0.25) is 9.69 Å². The SMILES string of the molecule is CO[C@@H]1C[C@@H](CO)N(CCC(=O)N2CCN(c3ccccn3)CC2)C1. The number of likely N-dealkylation sites (tertiary alicyclic amines) is 1. The van der Waals surface area contributed by atoms with Crippen LogP contribution in [0.5, 0.6) is 0 Å². The first kappa shape index (κ1) is 18.1. The van der Waals surface area contributed by atoms with Crippen molar-refractivity contribution in [1.29, 1.82) is 0 Å². The first-order valence-electron chi connectivity index (χ1n) is 9.02. The standard InChI is InChI=1S/C18H28N4O3/c1-25-16-12-15(14-23)22(13-16)7-5-18(24)21-10-8-20(9-11-21)17-4-2-3-6-19-17/h2-4,6,15-16,23H,5,7-14H2,1H3/t15-,16+/m0/s1. The van der Waals surface area contributed by atoms with Gasteiger partial charge in [-0.05, 0) is 18.6 Å². The summed E-state index contributed by atoms with van der Waals surface area (Å²) in [4.78, 5) is 23.2. The molecule has 7 heteroatoms. The zero-order valence-corrected chi connectivity index (χ0v) is 14.9. The molecule has 2 fully saturated rings. The van der Waals surface area contributed by atoms with Gasteiger partial charge in [0.15, 0.2) is 0 Å². The van der Waals surface area contributed by atoms with Crippen LogP contribution in [0, 0.1) is 0 Å². The molecule has 0 aliphatic carbocycles. The topological polar surface area (TPSA) is 69.1 Å². The van der Waals surface area contributed by atoms with E-state index in [2.05, 4.69) is 14.8 Å². The highest BCUT2D eigenvalue weighted by Gasteiger charge is 2.32. The molecule has 1 aromatic rings. The Bertz CT molecular complexity index is 549. The van der Waals surface area contributed by atoms with Crippen molar-refractivity contribution in [1.82, 2.24) is 14.8 Å². The van der Waals surface area contributed by atoms with Gasteiger partial charge in [-0.1, -0.05) is 6.07 Å². The van der Waals surface area contributed by atoms with E-state index in [4.69, 9.17) is 4.74 Å². The molecule has 2 aliphatic heterocycles. The number of rotatable bonds is 6. The number of aliphatic hydroxyl groups excluding tert-OH is 1. The number of anilines is 1. The number of methoxy groups -OCH3 is 1. The van der Waals surface area contributed by atoms with Crippen LogP contribution in [0.3, 0.4) is 0 Å². The lowest BCUT2D eigenvalue weighted by atomic mass is 10.2. The van der Waals surface area contributed by atoms with Gasteiger partial charge in [-0.25, -0.2) is 4.98 Å². The Hall–Kier alpha value is -1.70. The maximum Gasteiger partial charge on any atom is 0.223 e. The third kappa shape index (κ3) is 4.48. The van der Waals surface area contributed by atoms with Gasteiger partial charge in [-0.2, -0.15) is 0 Å². The average molecular weight is 348 g/mol. The molecule has 3 rings (SSSR count). The molecule has 25 heavy (non-hydrogen) atoms. The minimum atomic E-state index is 0.110. The highest BCUT2D eigenvalue weighted by molar-refractivity contribution is 5.76. The van der Waals surface area contributed by atoms with Crippen LogP contribution in [0.25, 0.3) is 0 Å². The van der Waals surface area contributed by atoms with Crippen LogP contribution in [0.15, 0.2) is 24.4 Å². The van der Waals surface area contributed by atoms with Gasteiger partial charge in [0.2, 0.25) is 5.91 Å². The Morgan fingerprint density at radius 3 is 2.76 bits per heavy atom. The molecule has 0 radical (unpaired) electrons. The van der Waals surface area contributed by atoms with E-state index < -0.39 is 0 Å². The molecule has 2 aliphatic rings. The van der Waals surface area contributed by atoms with Gasteiger partial charge in [0.1, 0.15) is 5.82 Å². The van der Waals surface area contributed by atoms with Gasteiger partial charge >= 0.3 is 0 Å². The number of aliphatic hydroxyl groups is 1. The van der Waals surface area contributed by atoms with Crippen molar-refractivity contribution in [2.45, 2.75) is 25.0 Å². The number of ether oxygens (including phenoxy) is 1. The lowest BCUT2D eigenvalue weighted by Crippen LogP contribution is -2.49. The first-order chi connectivity index (χ1) is 12.2. The summed E-state index contributed by atoms with van der Waals surface area (Å²) in [6.07, 6.45) is 3.29. The number of carbonyl (C=O) groups is 1. The third-order valence-corrected chi connectivity index (χ3v) is 5.25. The van der Waals surface area contributed by atoms with Crippen LogP contribution in [0.2, 0.25) is 0 Å². The molecule has 138 valence electrons.